The number of azo groups is 1. The van der Waals surface area contributed by atoms with Crippen LogP contribution in [0.4, 0.5) is 35.9 Å². The zero-order valence-corrected chi connectivity index (χ0v) is 12.8. The molecule has 2 aromatic rings. The molecule has 0 heterocycles. The molecule has 0 saturated carbocycles. The second-order valence-corrected chi connectivity index (χ2v) is 5.07. The minimum atomic E-state index is -4.77. The molecular formula is C15H13F3N4O2. The Hall–Kier alpha value is -2.97. The predicted molar refractivity (Wildman–Crippen MR) is 83.0 cm³/mol. The molecule has 0 aliphatic heterocycles. The number of halogens is 3. The third kappa shape index (κ3) is 4.06. The van der Waals surface area contributed by atoms with Crippen LogP contribution in [0.15, 0.2) is 52.7 Å². The summed E-state index contributed by atoms with van der Waals surface area (Å²) >= 11 is 0. The molecule has 0 N–H and O–H groups in total. The molecule has 0 bridgehead atoms. The van der Waals surface area contributed by atoms with Gasteiger partial charge in [0.15, 0.2) is 0 Å². The number of nitro groups is 1. The number of rotatable bonds is 4. The van der Waals surface area contributed by atoms with E-state index < -0.39 is 28.0 Å². The van der Waals surface area contributed by atoms with Gasteiger partial charge in [0.1, 0.15) is 0 Å². The number of non-ortho nitro benzene ring substituents is 1. The highest BCUT2D eigenvalue weighted by Crippen LogP contribution is 2.39. The van der Waals surface area contributed by atoms with Gasteiger partial charge < -0.3 is 4.90 Å². The quantitative estimate of drug-likeness (QED) is 0.442. The predicted octanol–water partition coefficient (Wildman–Crippen LogP) is 5.10. The Balaban J connectivity index is 2.36. The van der Waals surface area contributed by atoms with Gasteiger partial charge in [0.25, 0.3) is 5.69 Å². The average Bonchev–Trinajstić information content (AvgIpc) is 2.52. The standard InChI is InChI=1S/C15H13F3N4O2/c1-21(2)11-5-3-10(4-6-11)19-20-14-8-7-12(22(23)24)9-13(14)15(16,17)18/h3-9H,1-2H3. The monoisotopic (exact) mass is 338 g/mol. The number of nitro benzene ring substituents is 1. The largest absolute Gasteiger partial charge is 0.418 e. The Morgan fingerprint density at radius 1 is 1.04 bits per heavy atom. The molecule has 0 saturated heterocycles. The van der Waals surface area contributed by atoms with E-state index in [9.17, 15) is 23.3 Å². The molecule has 2 aromatic carbocycles. The van der Waals surface area contributed by atoms with Gasteiger partial charge in [0.05, 0.1) is 21.9 Å². The summed E-state index contributed by atoms with van der Waals surface area (Å²) in [6.07, 6.45) is -4.77. The highest BCUT2D eigenvalue weighted by molar-refractivity contribution is 5.55. The van der Waals surface area contributed by atoms with Gasteiger partial charge in [0.2, 0.25) is 0 Å². The Morgan fingerprint density at radius 2 is 1.67 bits per heavy atom. The van der Waals surface area contributed by atoms with E-state index in [1.807, 2.05) is 19.0 Å². The van der Waals surface area contributed by atoms with Crippen LogP contribution in [0, 0.1) is 10.1 Å². The molecule has 0 atom stereocenters. The van der Waals surface area contributed by atoms with Crippen molar-refractivity contribution in [3.05, 3.63) is 58.1 Å². The van der Waals surface area contributed by atoms with Gasteiger partial charge in [0, 0.05) is 31.9 Å². The van der Waals surface area contributed by atoms with Gasteiger partial charge in [-0.05, 0) is 30.3 Å². The van der Waals surface area contributed by atoms with Crippen molar-refractivity contribution in [2.45, 2.75) is 6.18 Å². The van der Waals surface area contributed by atoms with Crippen molar-refractivity contribution >= 4 is 22.7 Å². The van der Waals surface area contributed by atoms with Gasteiger partial charge >= 0.3 is 6.18 Å². The summed E-state index contributed by atoms with van der Waals surface area (Å²) in [4.78, 5) is 11.6. The van der Waals surface area contributed by atoms with E-state index in [1.165, 1.54) is 0 Å². The van der Waals surface area contributed by atoms with E-state index >= 15 is 0 Å². The molecular weight excluding hydrogens is 325 g/mol. The van der Waals surface area contributed by atoms with E-state index in [1.54, 1.807) is 24.3 Å². The lowest BCUT2D eigenvalue weighted by Crippen LogP contribution is -2.07. The Kier molecular flexibility index (Phi) is 4.82. The molecule has 0 radical (unpaired) electrons. The third-order valence-electron chi connectivity index (χ3n) is 3.14. The fraction of sp³-hybridized carbons (Fsp3) is 0.200. The van der Waals surface area contributed by atoms with E-state index in [-0.39, 0.29) is 0 Å². The van der Waals surface area contributed by atoms with E-state index in [0.29, 0.717) is 11.8 Å². The first-order valence-corrected chi connectivity index (χ1v) is 6.73. The summed E-state index contributed by atoms with van der Waals surface area (Å²) in [6.45, 7) is 0. The maximum absolute atomic E-state index is 13.0. The van der Waals surface area contributed by atoms with Gasteiger partial charge in [-0.1, -0.05) is 0 Å². The van der Waals surface area contributed by atoms with Crippen molar-refractivity contribution < 1.29 is 18.1 Å². The van der Waals surface area contributed by atoms with Gasteiger partial charge in [-0.25, -0.2) is 0 Å². The van der Waals surface area contributed by atoms with Crippen LogP contribution < -0.4 is 4.90 Å². The maximum Gasteiger partial charge on any atom is 0.418 e. The van der Waals surface area contributed by atoms with Crippen molar-refractivity contribution in [1.29, 1.82) is 0 Å². The smallest absolute Gasteiger partial charge is 0.378 e. The molecule has 0 unspecified atom stereocenters. The summed E-state index contributed by atoms with van der Waals surface area (Å²) in [5.74, 6) is 0. The third-order valence-corrected chi connectivity index (χ3v) is 3.14. The number of alkyl halides is 3. The van der Waals surface area contributed by atoms with Crippen LogP contribution in [-0.2, 0) is 6.18 Å². The van der Waals surface area contributed by atoms with Crippen LogP contribution in [0.25, 0.3) is 0 Å². The van der Waals surface area contributed by atoms with Crippen LogP contribution in [0.2, 0.25) is 0 Å². The maximum atomic E-state index is 13.0. The van der Waals surface area contributed by atoms with Gasteiger partial charge in [-0.2, -0.15) is 18.3 Å². The number of hydrogen-bond acceptors (Lipinski definition) is 5. The fourth-order valence-electron chi connectivity index (χ4n) is 1.88. The highest BCUT2D eigenvalue weighted by atomic mass is 19.4. The highest BCUT2D eigenvalue weighted by Gasteiger charge is 2.35. The van der Waals surface area contributed by atoms with Crippen molar-refractivity contribution in [2.24, 2.45) is 10.2 Å². The van der Waals surface area contributed by atoms with Crippen molar-refractivity contribution in [2.75, 3.05) is 19.0 Å². The number of hydrogen-bond donors (Lipinski definition) is 0. The molecule has 0 aliphatic rings. The molecule has 0 fully saturated rings. The van der Waals surface area contributed by atoms with E-state index in [0.717, 1.165) is 17.8 Å². The second-order valence-electron chi connectivity index (χ2n) is 5.07. The zero-order chi connectivity index (χ0) is 17.9. The minimum absolute atomic E-state index is 0.368. The van der Waals surface area contributed by atoms with E-state index in [2.05, 4.69) is 10.2 Å². The molecule has 2 rings (SSSR count). The molecule has 0 aliphatic carbocycles. The molecule has 0 aromatic heterocycles. The summed E-state index contributed by atoms with van der Waals surface area (Å²) in [6, 6.07) is 9.04. The molecule has 6 nitrogen and oxygen atoms in total. The summed E-state index contributed by atoms with van der Waals surface area (Å²) in [5.41, 5.74) is -1.07. The average molecular weight is 338 g/mol. The van der Waals surface area contributed by atoms with Crippen LogP contribution in [0.1, 0.15) is 5.56 Å². The first-order chi connectivity index (χ1) is 11.2. The Morgan fingerprint density at radius 3 is 2.17 bits per heavy atom. The van der Waals surface area contributed by atoms with Crippen molar-refractivity contribution in [3.8, 4) is 0 Å². The van der Waals surface area contributed by atoms with Crippen LogP contribution >= 0.6 is 0 Å². The summed E-state index contributed by atoms with van der Waals surface area (Å²) < 4.78 is 39.1. The SMILES string of the molecule is CN(C)c1ccc(N=Nc2ccc([N+](=O)[O-])cc2C(F)(F)F)cc1. The van der Waals surface area contributed by atoms with Crippen LogP contribution in [-0.4, -0.2) is 19.0 Å². The van der Waals surface area contributed by atoms with E-state index in [4.69, 9.17) is 0 Å². The lowest BCUT2D eigenvalue weighted by Gasteiger charge is -2.11. The zero-order valence-electron chi connectivity index (χ0n) is 12.8. The number of benzene rings is 2. The first kappa shape index (κ1) is 17.4. The number of anilines is 1. The molecule has 0 amide bonds. The summed E-state index contributed by atoms with van der Waals surface area (Å²) in [7, 11) is 3.70. The molecule has 24 heavy (non-hydrogen) atoms. The fourth-order valence-corrected chi connectivity index (χ4v) is 1.88. The lowest BCUT2D eigenvalue weighted by atomic mass is 10.1. The summed E-state index contributed by atoms with van der Waals surface area (Å²) in [5, 5.41) is 18.0. The van der Waals surface area contributed by atoms with Gasteiger partial charge in [-0.3, -0.25) is 10.1 Å². The molecule has 126 valence electrons. The Labute approximate surface area is 135 Å². The number of nitrogens with zero attached hydrogens (tertiary/aromatic N) is 4. The molecule has 9 heteroatoms. The van der Waals surface area contributed by atoms with Crippen LogP contribution in [0.3, 0.4) is 0 Å². The minimum Gasteiger partial charge on any atom is -0.378 e. The second kappa shape index (κ2) is 6.65. The first-order valence-electron chi connectivity index (χ1n) is 6.73. The van der Waals surface area contributed by atoms with Crippen molar-refractivity contribution in [3.63, 3.8) is 0 Å². The van der Waals surface area contributed by atoms with Crippen LogP contribution in [0.5, 0.6) is 0 Å². The normalized spacial score (nSPS) is 11.7. The van der Waals surface area contributed by atoms with Crippen molar-refractivity contribution in [1.82, 2.24) is 0 Å². The topological polar surface area (TPSA) is 71.1 Å². The molecule has 0 spiro atoms. The Bertz CT molecular complexity index is 771. The van der Waals surface area contributed by atoms with Gasteiger partial charge in [-0.15, -0.1) is 5.11 Å². The lowest BCUT2D eigenvalue weighted by molar-refractivity contribution is -0.385.